The number of nitrogens with zero attached hydrogens (tertiary/aromatic N) is 2. The molecule has 1 atom stereocenters. The van der Waals surface area contributed by atoms with E-state index in [0.29, 0.717) is 22.1 Å². The topological polar surface area (TPSA) is 124 Å². The standard InChI is InChI=1S/C23H24ClN3O6.C2H6/c1-23(2,3)33-22(30)25-16(13-20(28)29)12-19-26-27-21(32-19)14-4-8-17(9-5-14)31-18-10-6-15(24)7-11-18;1-2/h4-11,16H,12-13H2,1-3H3,(H,25,30)(H,28,29);1-2H3. The highest BCUT2D eigenvalue weighted by atomic mass is 35.5. The molecule has 0 aliphatic carbocycles. The van der Waals surface area contributed by atoms with Crippen molar-refractivity contribution in [2.24, 2.45) is 0 Å². The summed E-state index contributed by atoms with van der Waals surface area (Å²) in [5.74, 6) is 0.633. The lowest BCUT2D eigenvalue weighted by Gasteiger charge is -2.22. The van der Waals surface area contributed by atoms with Crippen LogP contribution in [0.2, 0.25) is 5.02 Å². The van der Waals surface area contributed by atoms with Crippen molar-refractivity contribution in [1.29, 1.82) is 0 Å². The lowest BCUT2D eigenvalue weighted by atomic mass is 10.1. The van der Waals surface area contributed by atoms with E-state index in [9.17, 15) is 9.59 Å². The summed E-state index contributed by atoms with van der Waals surface area (Å²) in [6.45, 7) is 9.15. The van der Waals surface area contributed by atoms with Gasteiger partial charge in [-0.05, 0) is 69.3 Å². The van der Waals surface area contributed by atoms with Crippen LogP contribution in [-0.4, -0.2) is 39.0 Å². The summed E-state index contributed by atoms with van der Waals surface area (Å²) < 4.78 is 16.6. The molecule has 2 aromatic carbocycles. The monoisotopic (exact) mass is 503 g/mol. The number of alkyl carbamates (subject to hydrolysis) is 1. The molecule has 3 rings (SSSR count). The molecule has 9 nitrogen and oxygen atoms in total. The van der Waals surface area contributed by atoms with Crippen LogP contribution in [0.15, 0.2) is 52.9 Å². The molecule has 1 amide bonds. The molecule has 0 bridgehead atoms. The van der Waals surface area contributed by atoms with E-state index in [4.69, 9.17) is 30.6 Å². The van der Waals surface area contributed by atoms with Crippen molar-refractivity contribution in [3.05, 3.63) is 59.4 Å². The smallest absolute Gasteiger partial charge is 0.407 e. The number of carbonyl (C=O) groups excluding carboxylic acids is 1. The minimum absolute atomic E-state index is 0.0380. The van der Waals surface area contributed by atoms with Crippen molar-refractivity contribution in [2.75, 3.05) is 0 Å². The van der Waals surface area contributed by atoms with E-state index in [-0.39, 0.29) is 24.6 Å². The van der Waals surface area contributed by atoms with E-state index in [1.165, 1.54) is 0 Å². The molecule has 35 heavy (non-hydrogen) atoms. The molecule has 2 N–H and O–H groups in total. The van der Waals surface area contributed by atoms with Crippen LogP contribution in [0, 0.1) is 0 Å². The second-order valence-corrected chi connectivity index (χ2v) is 8.66. The molecule has 1 heterocycles. The number of ether oxygens (including phenoxy) is 2. The number of hydrogen-bond acceptors (Lipinski definition) is 7. The van der Waals surface area contributed by atoms with Crippen molar-refractivity contribution in [2.45, 2.75) is 59.1 Å². The Morgan fingerprint density at radius 1 is 1.03 bits per heavy atom. The van der Waals surface area contributed by atoms with Crippen molar-refractivity contribution in [3.63, 3.8) is 0 Å². The quantitative estimate of drug-likeness (QED) is 0.376. The molecule has 0 fully saturated rings. The summed E-state index contributed by atoms with van der Waals surface area (Å²) in [7, 11) is 0. The van der Waals surface area contributed by atoms with Gasteiger partial charge in [-0.1, -0.05) is 25.4 Å². The molecule has 10 heteroatoms. The summed E-state index contributed by atoms with van der Waals surface area (Å²) in [6, 6.07) is 13.3. The van der Waals surface area contributed by atoms with Crippen LogP contribution in [0.3, 0.4) is 0 Å². The van der Waals surface area contributed by atoms with E-state index >= 15 is 0 Å². The Morgan fingerprint density at radius 2 is 1.60 bits per heavy atom. The second-order valence-electron chi connectivity index (χ2n) is 8.23. The van der Waals surface area contributed by atoms with Gasteiger partial charge in [-0.3, -0.25) is 4.79 Å². The van der Waals surface area contributed by atoms with E-state index in [0.717, 1.165) is 0 Å². The number of nitrogens with one attached hydrogen (secondary N) is 1. The van der Waals surface area contributed by atoms with Crippen LogP contribution in [-0.2, 0) is 16.0 Å². The molecule has 0 saturated heterocycles. The van der Waals surface area contributed by atoms with E-state index in [1.807, 2.05) is 13.8 Å². The average Bonchev–Trinajstić information content (AvgIpc) is 3.24. The minimum atomic E-state index is -1.08. The van der Waals surface area contributed by atoms with Crippen LogP contribution in [0.25, 0.3) is 11.5 Å². The third-order valence-electron chi connectivity index (χ3n) is 4.18. The van der Waals surface area contributed by atoms with Gasteiger partial charge in [-0.25, -0.2) is 4.79 Å². The Hall–Kier alpha value is -3.59. The Balaban J connectivity index is 0.00000210. The zero-order valence-corrected chi connectivity index (χ0v) is 21.1. The number of aliphatic carboxylic acids is 1. The summed E-state index contributed by atoms with van der Waals surface area (Å²) in [4.78, 5) is 23.2. The molecular weight excluding hydrogens is 474 g/mol. The molecule has 1 unspecified atom stereocenters. The summed E-state index contributed by atoms with van der Waals surface area (Å²) >= 11 is 5.88. The van der Waals surface area contributed by atoms with Gasteiger partial charge in [0, 0.05) is 17.0 Å². The minimum Gasteiger partial charge on any atom is -0.481 e. The van der Waals surface area contributed by atoms with Crippen LogP contribution >= 0.6 is 11.6 Å². The maximum Gasteiger partial charge on any atom is 0.407 e. The van der Waals surface area contributed by atoms with Crippen LogP contribution in [0.1, 0.15) is 46.9 Å². The van der Waals surface area contributed by atoms with Crippen molar-refractivity contribution >= 4 is 23.7 Å². The molecule has 0 saturated carbocycles. The Kier molecular flexibility index (Phi) is 10.1. The first kappa shape index (κ1) is 27.7. The molecule has 3 aromatic rings. The molecule has 188 valence electrons. The van der Waals surface area contributed by atoms with Gasteiger partial charge in [0.2, 0.25) is 11.8 Å². The normalized spacial score (nSPS) is 11.6. The van der Waals surface area contributed by atoms with Crippen molar-refractivity contribution < 1.29 is 28.6 Å². The Bertz CT molecular complexity index is 1090. The second kappa shape index (κ2) is 12.8. The molecule has 0 spiro atoms. The number of halogens is 1. The predicted molar refractivity (Wildman–Crippen MR) is 132 cm³/mol. The number of benzene rings is 2. The summed E-state index contributed by atoms with van der Waals surface area (Å²) in [6.07, 6.45) is -1.01. The fourth-order valence-electron chi connectivity index (χ4n) is 2.83. The van der Waals surface area contributed by atoms with Gasteiger partial charge >= 0.3 is 12.1 Å². The number of carbonyl (C=O) groups is 2. The van der Waals surface area contributed by atoms with Crippen LogP contribution in [0.4, 0.5) is 4.79 Å². The lowest BCUT2D eigenvalue weighted by molar-refractivity contribution is -0.137. The van der Waals surface area contributed by atoms with E-state index in [1.54, 1.807) is 69.3 Å². The number of carboxylic acid groups (broad SMARTS) is 1. The fourth-order valence-corrected chi connectivity index (χ4v) is 2.95. The van der Waals surface area contributed by atoms with E-state index in [2.05, 4.69) is 15.5 Å². The predicted octanol–water partition coefficient (Wildman–Crippen LogP) is 6.12. The molecular formula is C25H30ClN3O6. The van der Waals surface area contributed by atoms with Gasteiger partial charge in [0.1, 0.15) is 17.1 Å². The zero-order valence-electron chi connectivity index (χ0n) is 20.4. The maximum absolute atomic E-state index is 12.0. The average molecular weight is 504 g/mol. The lowest BCUT2D eigenvalue weighted by Crippen LogP contribution is -2.41. The molecule has 0 radical (unpaired) electrons. The number of carboxylic acids is 1. The van der Waals surface area contributed by atoms with Crippen molar-refractivity contribution in [3.8, 4) is 23.0 Å². The summed E-state index contributed by atoms with van der Waals surface area (Å²) in [5.41, 5.74) is -0.0500. The van der Waals surface area contributed by atoms with Gasteiger partial charge in [0.25, 0.3) is 0 Å². The number of aromatic nitrogens is 2. The maximum atomic E-state index is 12.0. The van der Waals surface area contributed by atoms with Gasteiger partial charge in [0.15, 0.2) is 0 Å². The van der Waals surface area contributed by atoms with Gasteiger partial charge in [-0.15, -0.1) is 10.2 Å². The first-order valence-corrected chi connectivity index (χ1v) is 11.5. The van der Waals surface area contributed by atoms with Crippen LogP contribution < -0.4 is 10.1 Å². The van der Waals surface area contributed by atoms with Gasteiger partial charge < -0.3 is 24.3 Å². The van der Waals surface area contributed by atoms with Gasteiger partial charge in [0.05, 0.1) is 12.5 Å². The largest absolute Gasteiger partial charge is 0.481 e. The van der Waals surface area contributed by atoms with Crippen molar-refractivity contribution in [1.82, 2.24) is 15.5 Å². The van der Waals surface area contributed by atoms with E-state index < -0.39 is 23.7 Å². The zero-order chi connectivity index (χ0) is 26.0. The third kappa shape index (κ3) is 9.66. The molecule has 0 aliphatic heterocycles. The summed E-state index contributed by atoms with van der Waals surface area (Å²) in [5, 5.41) is 20.3. The molecule has 0 aliphatic rings. The number of rotatable bonds is 8. The van der Waals surface area contributed by atoms with Crippen LogP contribution in [0.5, 0.6) is 11.5 Å². The number of amides is 1. The first-order chi connectivity index (χ1) is 16.6. The van der Waals surface area contributed by atoms with Gasteiger partial charge in [-0.2, -0.15) is 0 Å². The highest BCUT2D eigenvalue weighted by Crippen LogP contribution is 2.26. The highest BCUT2D eigenvalue weighted by Gasteiger charge is 2.23. The fraction of sp³-hybridized carbons (Fsp3) is 0.360. The Morgan fingerprint density at radius 3 is 2.14 bits per heavy atom. The Labute approximate surface area is 209 Å². The first-order valence-electron chi connectivity index (χ1n) is 11.1. The SMILES string of the molecule is CC.CC(C)(C)OC(=O)NC(CC(=O)O)Cc1nnc(-c2ccc(Oc3ccc(Cl)cc3)cc2)o1. The number of hydrogen-bond donors (Lipinski definition) is 2. The highest BCUT2D eigenvalue weighted by molar-refractivity contribution is 6.30. The molecule has 1 aromatic heterocycles. The third-order valence-corrected chi connectivity index (χ3v) is 4.43.